The molecule has 2 aromatic rings. The van der Waals surface area contributed by atoms with Crippen molar-refractivity contribution in [2.75, 3.05) is 26.4 Å². The van der Waals surface area contributed by atoms with Crippen molar-refractivity contribution >= 4 is 26.1 Å². The molecule has 0 unspecified atom stereocenters. The molecule has 0 aliphatic rings. The molecule has 0 aliphatic heterocycles. The van der Waals surface area contributed by atoms with Gasteiger partial charge in [-0.1, -0.05) is 18.2 Å². The molecule has 0 N–H and O–H groups in total. The van der Waals surface area contributed by atoms with Gasteiger partial charge in [0.1, 0.15) is 0 Å². The molecule has 29 heavy (non-hydrogen) atoms. The zero-order chi connectivity index (χ0) is 21.7. The van der Waals surface area contributed by atoms with Crippen LogP contribution in [0.1, 0.15) is 39.0 Å². The summed E-state index contributed by atoms with van der Waals surface area (Å²) in [6.45, 7) is 9.60. The Labute approximate surface area is 173 Å². The van der Waals surface area contributed by atoms with E-state index in [4.69, 9.17) is 18.1 Å². The molecular formula is C20H33NO6P2. The minimum atomic E-state index is -3.79. The van der Waals surface area contributed by atoms with Crippen molar-refractivity contribution < 1.29 is 27.2 Å². The van der Waals surface area contributed by atoms with Crippen LogP contribution in [0.5, 0.6) is 0 Å². The standard InChI is InChI=1S/C20H33NO6P2/c1-7-24-28(22,25-8-2)20(29(23,26-9-3)27-10-4)15-18-16(5)21(6)19-14-12-11-13-17(18)19/h11-14,20H,7-10,15H2,1-6H3. The molecule has 1 heterocycles. The number of nitrogens with zero attached hydrogens (tertiary/aromatic N) is 1. The molecule has 0 aliphatic carbocycles. The van der Waals surface area contributed by atoms with E-state index in [9.17, 15) is 9.13 Å². The third-order valence-electron chi connectivity index (χ3n) is 4.88. The molecule has 1 aromatic carbocycles. The summed E-state index contributed by atoms with van der Waals surface area (Å²) in [5, 5.41) is -0.0455. The Morgan fingerprint density at radius 2 is 1.31 bits per heavy atom. The number of aromatic nitrogens is 1. The second-order valence-electron chi connectivity index (χ2n) is 6.58. The van der Waals surface area contributed by atoms with Crippen molar-refractivity contribution in [3.63, 3.8) is 0 Å². The SMILES string of the molecule is CCOP(=O)(OCC)C(Cc1c(C)n(C)c2ccccc12)P(=O)(OCC)OCC. The highest BCUT2D eigenvalue weighted by Gasteiger charge is 2.51. The van der Waals surface area contributed by atoms with Gasteiger partial charge >= 0.3 is 15.2 Å². The van der Waals surface area contributed by atoms with Gasteiger partial charge in [0.05, 0.1) is 26.4 Å². The van der Waals surface area contributed by atoms with E-state index < -0.39 is 20.6 Å². The fourth-order valence-electron chi connectivity index (χ4n) is 3.57. The van der Waals surface area contributed by atoms with Crippen LogP contribution in [0.15, 0.2) is 24.3 Å². The Morgan fingerprint density at radius 3 is 1.76 bits per heavy atom. The van der Waals surface area contributed by atoms with Crippen LogP contribution in [0, 0.1) is 6.92 Å². The summed E-state index contributed by atoms with van der Waals surface area (Å²) in [6.07, 6.45) is 0.196. The van der Waals surface area contributed by atoms with Gasteiger partial charge in [-0.15, -0.1) is 0 Å². The predicted molar refractivity (Wildman–Crippen MR) is 117 cm³/mol. The first-order valence-corrected chi connectivity index (χ1v) is 13.3. The molecule has 0 spiro atoms. The normalized spacial score (nSPS) is 12.9. The fourth-order valence-corrected chi connectivity index (χ4v) is 8.85. The molecule has 0 saturated carbocycles. The quantitative estimate of drug-likeness (QED) is 0.379. The number of benzene rings is 1. The minimum Gasteiger partial charge on any atom is -0.348 e. The number of para-hydroxylation sites is 1. The zero-order valence-electron chi connectivity index (χ0n) is 18.2. The van der Waals surface area contributed by atoms with Crippen molar-refractivity contribution in [2.24, 2.45) is 7.05 Å². The van der Waals surface area contributed by atoms with Crippen LogP contribution in [-0.4, -0.2) is 36.4 Å². The number of fused-ring (bicyclic) bond motifs is 1. The summed E-state index contributed by atoms with van der Waals surface area (Å²) in [5.74, 6) is 0. The third kappa shape index (κ3) is 5.04. The Balaban J connectivity index is 2.67. The van der Waals surface area contributed by atoms with Crippen LogP contribution >= 0.6 is 15.2 Å². The lowest BCUT2D eigenvalue weighted by molar-refractivity contribution is 0.195. The van der Waals surface area contributed by atoms with E-state index in [1.807, 2.05) is 38.2 Å². The highest BCUT2D eigenvalue weighted by Crippen LogP contribution is 2.71. The molecule has 0 bridgehead atoms. The van der Waals surface area contributed by atoms with Gasteiger partial charge in [0.15, 0.2) is 5.40 Å². The highest BCUT2D eigenvalue weighted by atomic mass is 31.2. The number of hydrogen-bond donors (Lipinski definition) is 0. The number of aryl methyl sites for hydroxylation is 1. The lowest BCUT2D eigenvalue weighted by Gasteiger charge is -2.31. The van der Waals surface area contributed by atoms with Crippen molar-refractivity contribution in [1.82, 2.24) is 4.57 Å². The molecule has 7 nitrogen and oxygen atoms in total. The van der Waals surface area contributed by atoms with Crippen LogP contribution in [0.25, 0.3) is 10.9 Å². The van der Waals surface area contributed by atoms with Crippen molar-refractivity contribution in [1.29, 1.82) is 0 Å². The largest absolute Gasteiger partial charge is 0.348 e. The van der Waals surface area contributed by atoms with E-state index in [1.54, 1.807) is 27.7 Å². The fraction of sp³-hybridized carbons (Fsp3) is 0.600. The van der Waals surface area contributed by atoms with Gasteiger partial charge in [-0.2, -0.15) is 0 Å². The Kier molecular flexibility index (Phi) is 8.72. The van der Waals surface area contributed by atoms with Gasteiger partial charge in [0.25, 0.3) is 0 Å². The van der Waals surface area contributed by atoms with Crippen molar-refractivity contribution in [3.05, 3.63) is 35.5 Å². The molecular weight excluding hydrogens is 412 g/mol. The van der Waals surface area contributed by atoms with Gasteiger partial charge < -0.3 is 22.7 Å². The average Bonchev–Trinajstić information content (AvgIpc) is 2.91. The maximum absolute atomic E-state index is 13.8. The second-order valence-corrected chi connectivity index (χ2v) is 11.4. The van der Waals surface area contributed by atoms with Crippen LogP contribution in [0.3, 0.4) is 0 Å². The number of hydrogen-bond acceptors (Lipinski definition) is 6. The summed E-state index contributed by atoms with van der Waals surface area (Å²) < 4.78 is 52.0. The summed E-state index contributed by atoms with van der Waals surface area (Å²) in [7, 11) is -5.60. The smallest absolute Gasteiger partial charge is 0.346 e. The molecule has 164 valence electrons. The molecule has 0 atom stereocenters. The summed E-state index contributed by atoms with van der Waals surface area (Å²) in [6, 6.07) is 7.96. The van der Waals surface area contributed by atoms with Crippen molar-refractivity contribution in [3.8, 4) is 0 Å². The van der Waals surface area contributed by atoms with E-state index in [2.05, 4.69) is 4.57 Å². The van der Waals surface area contributed by atoms with Crippen LogP contribution in [-0.2, 0) is 40.7 Å². The Hall–Kier alpha value is -0.940. The van der Waals surface area contributed by atoms with Crippen LogP contribution in [0.4, 0.5) is 0 Å². The summed E-state index contributed by atoms with van der Waals surface area (Å²) in [4.78, 5) is 0. The second kappa shape index (κ2) is 10.4. The maximum atomic E-state index is 13.8. The average molecular weight is 445 g/mol. The first-order valence-electron chi connectivity index (χ1n) is 10.1. The first-order chi connectivity index (χ1) is 13.8. The summed E-state index contributed by atoms with van der Waals surface area (Å²) >= 11 is 0. The molecule has 1 aromatic heterocycles. The van der Waals surface area contributed by atoms with E-state index in [0.717, 1.165) is 22.2 Å². The molecule has 2 rings (SSSR count). The highest BCUT2D eigenvalue weighted by molar-refractivity contribution is 7.72. The predicted octanol–water partition coefficient (Wildman–Crippen LogP) is 5.89. The molecule has 0 saturated heterocycles. The van der Waals surface area contributed by atoms with Crippen molar-refractivity contribution in [2.45, 2.75) is 46.4 Å². The number of rotatable bonds is 12. The lowest BCUT2D eigenvalue weighted by Crippen LogP contribution is -2.20. The zero-order valence-corrected chi connectivity index (χ0v) is 20.0. The minimum absolute atomic E-state index is 0.167. The first kappa shape index (κ1) is 24.3. The molecule has 9 heteroatoms. The Bertz CT molecular complexity index is 860. The third-order valence-corrected chi connectivity index (χ3v) is 10.9. The maximum Gasteiger partial charge on any atom is 0.346 e. The lowest BCUT2D eigenvalue weighted by atomic mass is 10.1. The van der Waals surface area contributed by atoms with E-state index in [-0.39, 0.29) is 32.8 Å². The monoisotopic (exact) mass is 445 g/mol. The van der Waals surface area contributed by atoms with Gasteiger partial charge in [0.2, 0.25) is 0 Å². The van der Waals surface area contributed by atoms with Crippen LogP contribution in [0.2, 0.25) is 0 Å². The van der Waals surface area contributed by atoms with Gasteiger partial charge in [0, 0.05) is 30.1 Å². The van der Waals surface area contributed by atoms with E-state index in [0.29, 0.717) is 0 Å². The Morgan fingerprint density at radius 1 is 0.862 bits per heavy atom. The van der Waals surface area contributed by atoms with Crippen LogP contribution < -0.4 is 0 Å². The van der Waals surface area contributed by atoms with Gasteiger partial charge in [-0.25, -0.2) is 0 Å². The molecule has 0 amide bonds. The van der Waals surface area contributed by atoms with Gasteiger partial charge in [-0.3, -0.25) is 9.13 Å². The molecule has 0 radical (unpaired) electrons. The van der Waals surface area contributed by atoms with E-state index in [1.165, 1.54) is 0 Å². The van der Waals surface area contributed by atoms with Gasteiger partial charge in [-0.05, 0) is 46.2 Å². The topological polar surface area (TPSA) is 76.0 Å². The molecule has 0 fully saturated rings. The van der Waals surface area contributed by atoms with E-state index >= 15 is 0 Å². The summed E-state index contributed by atoms with van der Waals surface area (Å²) in [5.41, 5.74) is 2.98.